The largest absolute Gasteiger partial charge is 0.309 e. The highest BCUT2D eigenvalue weighted by Crippen LogP contribution is 2.25. The minimum absolute atomic E-state index is 0.242. The first-order valence-electron chi connectivity index (χ1n) is 7.15. The molecule has 0 aliphatic rings. The molecule has 0 aliphatic heterocycles. The van der Waals surface area contributed by atoms with Crippen molar-refractivity contribution in [3.8, 4) is 5.69 Å². The summed E-state index contributed by atoms with van der Waals surface area (Å²) in [5, 5.41) is 12.8. The highest BCUT2D eigenvalue weighted by atomic mass is 35.5. The summed E-state index contributed by atoms with van der Waals surface area (Å²) in [4.78, 5) is 0. The van der Waals surface area contributed by atoms with E-state index < -0.39 is 0 Å². The van der Waals surface area contributed by atoms with Gasteiger partial charge in [0.2, 0.25) is 0 Å². The minimum atomic E-state index is 0.242. The topological polar surface area (TPSA) is 42.7 Å². The molecule has 0 radical (unpaired) electrons. The number of para-hydroxylation sites is 1. The Labute approximate surface area is 125 Å². The van der Waals surface area contributed by atoms with E-state index in [-0.39, 0.29) is 6.04 Å². The van der Waals surface area contributed by atoms with Gasteiger partial charge in [0.25, 0.3) is 0 Å². The zero-order valence-electron chi connectivity index (χ0n) is 12.2. The lowest BCUT2D eigenvalue weighted by molar-refractivity contribution is 0.520. The standard InChI is InChI=1S/C15H21ClN4/c1-4-12(17-6-3)15-13(5-2)20(19-18-15)14-10-8-7-9-11(14)16/h7-10,12,17H,4-6H2,1-3H3. The molecule has 0 spiro atoms. The van der Waals surface area contributed by atoms with Gasteiger partial charge in [-0.3, -0.25) is 0 Å². The molecule has 0 bridgehead atoms. The maximum Gasteiger partial charge on any atom is 0.103 e. The predicted octanol–water partition coefficient (Wildman–Crippen LogP) is 3.54. The maximum atomic E-state index is 6.27. The fraction of sp³-hybridized carbons (Fsp3) is 0.467. The average molecular weight is 293 g/mol. The maximum absolute atomic E-state index is 6.27. The van der Waals surface area contributed by atoms with Crippen LogP contribution in [0.4, 0.5) is 0 Å². The van der Waals surface area contributed by atoms with Gasteiger partial charge in [-0.25, -0.2) is 4.68 Å². The third-order valence-electron chi connectivity index (χ3n) is 3.40. The Hall–Kier alpha value is -1.39. The summed E-state index contributed by atoms with van der Waals surface area (Å²) in [6, 6.07) is 7.96. The molecular formula is C15H21ClN4. The van der Waals surface area contributed by atoms with Gasteiger partial charge in [0, 0.05) is 0 Å². The number of nitrogens with zero attached hydrogens (tertiary/aromatic N) is 3. The smallest absolute Gasteiger partial charge is 0.103 e. The fourth-order valence-corrected chi connectivity index (χ4v) is 2.63. The third kappa shape index (κ3) is 2.86. The molecule has 0 saturated heterocycles. The van der Waals surface area contributed by atoms with Gasteiger partial charge in [-0.05, 0) is 31.5 Å². The van der Waals surface area contributed by atoms with Crippen molar-refractivity contribution in [2.45, 2.75) is 39.7 Å². The predicted molar refractivity (Wildman–Crippen MR) is 82.5 cm³/mol. The first kappa shape index (κ1) is 15.0. The van der Waals surface area contributed by atoms with Gasteiger partial charge in [0.05, 0.1) is 22.4 Å². The molecule has 108 valence electrons. The molecule has 1 aromatic heterocycles. The average Bonchev–Trinajstić information content (AvgIpc) is 2.88. The molecule has 1 heterocycles. The Kier molecular flexibility index (Phi) is 5.15. The van der Waals surface area contributed by atoms with E-state index >= 15 is 0 Å². The van der Waals surface area contributed by atoms with Gasteiger partial charge in [0.1, 0.15) is 5.69 Å². The van der Waals surface area contributed by atoms with Gasteiger partial charge in [-0.1, -0.05) is 49.7 Å². The first-order valence-corrected chi connectivity index (χ1v) is 7.53. The summed E-state index contributed by atoms with van der Waals surface area (Å²) in [5.41, 5.74) is 3.03. The van der Waals surface area contributed by atoms with Gasteiger partial charge >= 0.3 is 0 Å². The number of benzene rings is 1. The summed E-state index contributed by atoms with van der Waals surface area (Å²) < 4.78 is 1.86. The Morgan fingerprint density at radius 3 is 2.60 bits per heavy atom. The molecule has 0 saturated carbocycles. The molecule has 1 unspecified atom stereocenters. The highest BCUT2D eigenvalue weighted by molar-refractivity contribution is 6.32. The van der Waals surface area contributed by atoms with E-state index in [2.05, 4.69) is 36.4 Å². The number of halogens is 1. The van der Waals surface area contributed by atoms with Crippen molar-refractivity contribution < 1.29 is 0 Å². The second-order valence-electron chi connectivity index (χ2n) is 4.66. The minimum Gasteiger partial charge on any atom is -0.309 e. The number of rotatable bonds is 6. The zero-order valence-corrected chi connectivity index (χ0v) is 13.0. The van der Waals surface area contributed by atoms with E-state index in [1.165, 1.54) is 0 Å². The van der Waals surface area contributed by atoms with Gasteiger partial charge in [0.15, 0.2) is 0 Å². The lowest BCUT2D eigenvalue weighted by Gasteiger charge is -2.15. The quantitative estimate of drug-likeness (QED) is 0.885. The van der Waals surface area contributed by atoms with E-state index in [0.29, 0.717) is 5.02 Å². The fourth-order valence-electron chi connectivity index (χ4n) is 2.41. The lowest BCUT2D eigenvalue weighted by Crippen LogP contribution is -2.21. The molecule has 4 nitrogen and oxygen atoms in total. The van der Waals surface area contributed by atoms with Crippen LogP contribution in [0, 0.1) is 0 Å². The summed E-state index contributed by atoms with van der Waals surface area (Å²) in [7, 11) is 0. The molecule has 1 aromatic carbocycles. The van der Waals surface area contributed by atoms with Crippen molar-refractivity contribution in [3.63, 3.8) is 0 Å². The Morgan fingerprint density at radius 1 is 1.25 bits per heavy atom. The molecule has 5 heteroatoms. The molecule has 0 amide bonds. The zero-order chi connectivity index (χ0) is 14.5. The lowest BCUT2D eigenvalue weighted by atomic mass is 10.1. The Morgan fingerprint density at radius 2 is 2.00 bits per heavy atom. The van der Waals surface area contributed by atoms with E-state index in [4.69, 9.17) is 11.6 Å². The van der Waals surface area contributed by atoms with Crippen LogP contribution >= 0.6 is 11.6 Å². The van der Waals surface area contributed by atoms with Crippen LogP contribution < -0.4 is 5.32 Å². The van der Waals surface area contributed by atoms with Gasteiger partial charge in [-0.15, -0.1) is 5.10 Å². The van der Waals surface area contributed by atoms with Crippen LogP contribution in [0.3, 0.4) is 0 Å². The van der Waals surface area contributed by atoms with Crippen molar-refractivity contribution in [1.29, 1.82) is 0 Å². The van der Waals surface area contributed by atoms with Crippen LogP contribution in [0.1, 0.15) is 44.6 Å². The normalized spacial score (nSPS) is 12.6. The van der Waals surface area contributed by atoms with Crippen LogP contribution in [0.15, 0.2) is 24.3 Å². The Bertz CT molecular complexity index is 565. The molecule has 0 aliphatic carbocycles. The summed E-state index contributed by atoms with van der Waals surface area (Å²) in [6.07, 6.45) is 1.86. The van der Waals surface area contributed by atoms with E-state index in [1.807, 2.05) is 28.9 Å². The molecule has 1 atom stereocenters. The second kappa shape index (κ2) is 6.86. The molecule has 2 rings (SSSR count). The van der Waals surface area contributed by atoms with E-state index in [1.54, 1.807) is 0 Å². The molecule has 2 aromatic rings. The summed E-state index contributed by atoms with van der Waals surface area (Å²) >= 11 is 6.27. The second-order valence-corrected chi connectivity index (χ2v) is 5.06. The number of hydrogen-bond acceptors (Lipinski definition) is 3. The van der Waals surface area contributed by atoms with Crippen LogP contribution in [0.5, 0.6) is 0 Å². The van der Waals surface area contributed by atoms with Crippen molar-refractivity contribution >= 4 is 11.6 Å². The summed E-state index contributed by atoms with van der Waals surface area (Å²) in [5.74, 6) is 0. The molecule has 0 fully saturated rings. The first-order chi connectivity index (χ1) is 9.72. The molecule has 20 heavy (non-hydrogen) atoms. The van der Waals surface area contributed by atoms with Gasteiger partial charge in [-0.2, -0.15) is 0 Å². The number of hydrogen-bond donors (Lipinski definition) is 1. The summed E-state index contributed by atoms with van der Waals surface area (Å²) in [6.45, 7) is 7.29. The van der Waals surface area contributed by atoms with Crippen LogP contribution in [-0.4, -0.2) is 21.5 Å². The number of aromatic nitrogens is 3. The Balaban J connectivity index is 2.47. The van der Waals surface area contributed by atoms with Crippen molar-refractivity contribution in [2.24, 2.45) is 0 Å². The van der Waals surface area contributed by atoms with Crippen molar-refractivity contribution in [3.05, 3.63) is 40.7 Å². The van der Waals surface area contributed by atoms with Crippen LogP contribution in [-0.2, 0) is 6.42 Å². The molecule has 1 N–H and O–H groups in total. The highest BCUT2D eigenvalue weighted by Gasteiger charge is 2.20. The van der Waals surface area contributed by atoms with E-state index in [0.717, 1.165) is 36.5 Å². The number of nitrogens with one attached hydrogen (secondary N) is 1. The van der Waals surface area contributed by atoms with Crippen molar-refractivity contribution in [1.82, 2.24) is 20.3 Å². The van der Waals surface area contributed by atoms with Crippen LogP contribution in [0.25, 0.3) is 5.69 Å². The van der Waals surface area contributed by atoms with Crippen LogP contribution in [0.2, 0.25) is 5.02 Å². The van der Waals surface area contributed by atoms with Crippen molar-refractivity contribution in [2.75, 3.05) is 6.54 Å². The monoisotopic (exact) mass is 292 g/mol. The molecular weight excluding hydrogens is 272 g/mol. The van der Waals surface area contributed by atoms with E-state index in [9.17, 15) is 0 Å². The van der Waals surface area contributed by atoms with Gasteiger partial charge < -0.3 is 5.32 Å². The third-order valence-corrected chi connectivity index (χ3v) is 3.72. The SMILES string of the molecule is CCNC(CC)c1nnn(-c2ccccc2Cl)c1CC.